The molecule has 0 aliphatic heterocycles. The topological polar surface area (TPSA) is 35.2 Å². The number of aryl methyl sites for hydroxylation is 1. The number of methoxy groups -OCH3 is 1. The van der Waals surface area contributed by atoms with Crippen molar-refractivity contribution in [3.63, 3.8) is 0 Å². The molecule has 0 amide bonds. The van der Waals surface area contributed by atoms with Gasteiger partial charge in [0.05, 0.1) is 12.6 Å². The fourth-order valence-electron chi connectivity index (χ4n) is 2.40. The van der Waals surface area contributed by atoms with Gasteiger partial charge in [-0.1, -0.05) is 42.5 Å². The summed E-state index contributed by atoms with van der Waals surface area (Å²) in [5.74, 6) is 0. The highest BCUT2D eigenvalue weighted by Gasteiger charge is 2.12. The van der Waals surface area contributed by atoms with Gasteiger partial charge in [0, 0.05) is 7.11 Å². The molecular formula is C18H23NO. The number of rotatable bonds is 5. The molecule has 0 aliphatic rings. The first kappa shape index (κ1) is 14.8. The Balaban J connectivity index is 2.20. The van der Waals surface area contributed by atoms with E-state index in [4.69, 9.17) is 10.5 Å². The summed E-state index contributed by atoms with van der Waals surface area (Å²) >= 11 is 0. The third-order valence-corrected chi connectivity index (χ3v) is 3.92. The van der Waals surface area contributed by atoms with E-state index in [1.165, 1.54) is 22.3 Å². The van der Waals surface area contributed by atoms with Crippen molar-refractivity contribution in [3.8, 4) is 0 Å². The highest BCUT2D eigenvalue weighted by molar-refractivity contribution is 5.40. The Morgan fingerprint density at radius 2 is 1.75 bits per heavy atom. The standard InChI is InChI=1S/C18H23NO/c1-13-5-4-6-17(14(13)2)18(19)16-9-7-15(8-10-16)11-12-20-3/h4-10,18H,11-12,19H2,1-3H3. The van der Waals surface area contributed by atoms with Crippen molar-refractivity contribution in [3.05, 3.63) is 70.3 Å². The summed E-state index contributed by atoms with van der Waals surface area (Å²) in [6, 6.07) is 14.8. The highest BCUT2D eigenvalue weighted by atomic mass is 16.5. The minimum absolute atomic E-state index is 0.0635. The van der Waals surface area contributed by atoms with Gasteiger partial charge in [-0.3, -0.25) is 0 Å². The Labute approximate surface area is 121 Å². The van der Waals surface area contributed by atoms with E-state index in [0.29, 0.717) is 0 Å². The summed E-state index contributed by atoms with van der Waals surface area (Å²) in [7, 11) is 1.73. The zero-order valence-corrected chi connectivity index (χ0v) is 12.5. The molecule has 2 nitrogen and oxygen atoms in total. The molecule has 2 heteroatoms. The molecule has 20 heavy (non-hydrogen) atoms. The Kier molecular flexibility index (Phi) is 4.94. The molecule has 1 unspecified atom stereocenters. The van der Waals surface area contributed by atoms with E-state index in [9.17, 15) is 0 Å². The van der Waals surface area contributed by atoms with Crippen LogP contribution in [0.25, 0.3) is 0 Å². The molecule has 0 aromatic heterocycles. The Hall–Kier alpha value is -1.64. The largest absolute Gasteiger partial charge is 0.384 e. The highest BCUT2D eigenvalue weighted by Crippen LogP contribution is 2.24. The molecule has 0 bridgehead atoms. The maximum Gasteiger partial charge on any atom is 0.0554 e. The lowest BCUT2D eigenvalue weighted by atomic mass is 9.93. The smallest absolute Gasteiger partial charge is 0.0554 e. The first-order chi connectivity index (χ1) is 9.63. The van der Waals surface area contributed by atoms with Crippen LogP contribution in [0.1, 0.15) is 33.9 Å². The van der Waals surface area contributed by atoms with Crippen molar-refractivity contribution in [2.45, 2.75) is 26.3 Å². The zero-order valence-electron chi connectivity index (χ0n) is 12.5. The van der Waals surface area contributed by atoms with Gasteiger partial charge in [0.25, 0.3) is 0 Å². The van der Waals surface area contributed by atoms with Crippen LogP contribution in [-0.2, 0) is 11.2 Å². The molecule has 1 atom stereocenters. The maximum atomic E-state index is 6.41. The normalized spacial score (nSPS) is 12.4. The van der Waals surface area contributed by atoms with E-state index >= 15 is 0 Å². The Bertz CT molecular complexity index is 560. The van der Waals surface area contributed by atoms with E-state index in [1.807, 2.05) is 0 Å². The molecule has 0 fully saturated rings. The first-order valence-corrected chi connectivity index (χ1v) is 7.03. The van der Waals surface area contributed by atoms with Crippen LogP contribution in [0.3, 0.4) is 0 Å². The minimum atomic E-state index is -0.0635. The molecule has 2 aromatic rings. The lowest BCUT2D eigenvalue weighted by Crippen LogP contribution is -2.13. The van der Waals surface area contributed by atoms with Gasteiger partial charge < -0.3 is 10.5 Å². The summed E-state index contributed by atoms with van der Waals surface area (Å²) in [6.45, 7) is 5.01. The molecule has 0 heterocycles. The number of hydrogen-bond acceptors (Lipinski definition) is 2. The summed E-state index contributed by atoms with van der Waals surface area (Å²) < 4.78 is 5.10. The lowest BCUT2D eigenvalue weighted by molar-refractivity contribution is 0.202. The van der Waals surface area contributed by atoms with E-state index in [-0.39, 0.29) is 6.04 Å². The van der Waals surface area contributed by atoms with Crippen molar-refractivity contribution in [1.29, 1.82) is 0 Å². The lowest BCUT2D eigenvalue weighted by Gasteiger charge is -2.17. The van der Waals surface area contributed by atoms with Crippen molar-refractivity contribution in [1.82, 2.24) is 0 Å². The van der Waals surface area contributed by atoms with Gasteiger partial charge in [-0.15, -0.1) is 0 Å². The number of hydrogen-bond donors (Lipinski definition) is 1. The number of nitrogens with two attached hydrogens (primary N) is 1. The quantitative estimate of drug-likeness (QED) is 0.901. The van der Waals surface area contributed by atoms with Gasteiger partial charge in [0.1, 0.15) is 0 Å². The molecule has 0 aliphatic carbocycles. The van der Waals surface area contributed by atoms with Crippen molar-refractivity contribution in [2.75, 3.05) is 13.7 Å². The number of benzene rings is 2. The fourth-order valence-corrected chi connectivity index (χ4v) is 2.40. The number of ether oxygens (including phenoxy) is 1. The minimum Gasteiger partial charge on any atom is -0.384 e. The molecular weight excluding hydrogens is 246 g/mol. The van der Waals surface area contributed by atoms with E-state index in [0.717, 1.165) is 18.6 Å². The van der Waals surface area contributed by atoms with Gasteiger partial charge in [0.2, 0.25) is 0 Å². The molecule has 0 radical (unpaired) electrons. The average molecular weight is 269 g/mol. The summed E-state index contributed by atoms with van der Waals surface area (Å²) in [5.41, 5.74) is 12.6. The monoisotopic (exact) mass is 269 g/mol. The van der Waals surface area contributed by atoms with Crippen LogP contribution >= 0.6 is 0 Å². The summed E-state index contributed by atoms with van der Waals surface area (Å²) in [5, 5.41) is 0. The molecule has 2 aromatic carbocycles. The predicted molar refractivity (Wildman–Crippen MR) is 84.0 cm³/mol. The van der Waals surface area contributed by atoms with Gasteiger partial charge in [-0.05, 0) is 48.1 Å². The Morgan fingerprint density at radius 3 is 2.40 bits per heavy atom. The summed E-state index contributed by atoms with van der Waals surface area (Å²) in [6.07, 6.45) is 0.940. The second-order valence-corrected chi connectivity index (χ2v) is 5.25. The van der Waals surface area contributed by atoms with Crippen LogP contribution < -0.4 is 5.73 Å². The van der Waals surface area contributed by atoms with Gasteiger partial charge >= 0.3 is 0 Å². The molecule has 0 saturated carbocycles. The van der Waals surface area contributed by atoms with E-state index < -0.39 is 0 Å². The second kappa shape index (κ2) is 6.69. The van der Waals surface area contributed by atoms with E-state index in [1.54, 1.807) is 7.11 Å². The Morgan fingerprint density at radius 1 is 1.05 bits per heavy atom. The third kappa shape index (κ3) is 3.27. The van der Waals surface area contributed by atoms with E-state index in [2.05, 4.69) is 56.3 Å². The third-order valence-electron chi connectivity index (χ3n) is 3.92. The second-order valence-electron chi connectivity index (χ2n) is 5.25. The van der Waals surface area contributed by atoms with Crippen LogP contribution in [0.2, 0.25) is 0 Å². The van der Waals surface area contributed by atoms with Crippen LogP contribution in [0.5, 0.6) is 0 Å². The van der Waals surface area contributed by atoms with Gasteiger partial charge in [-0.2, -0.15) is 0 Å². The van der Waals surface area contributed by atoms with Gasteiger partial charge in [-0.25, -0.2) is 0 Å². The van der Waals surface area contributed by atoms with Crippen molar-refractivity contribution >= 4 is 0 Å². The fraction of sp³-hybridized carbons (Fsp3) is 0.333. The van der Waals surface area contributed by atoms with Crippen molar-refractivity contribution < 1.29 is 4.74 Å². The first-order valence-electron chi connectivity index (χ1n) is 7.03. The van der Waals surface area contributed by atoms with Crippen LogP contribution in [0.15, 0.2) is 42.5 Å². The van der Waals surface area contributed by atoms with Crippen LogP contribution in [0, 0.1) is 13.8 Å². The SMILES string of the molecule is COCCc1ccc(C(N)c2cccc(C)c2C)cc1. The average Bonchev–Trinajstić information content (AvgIpc) is 2.48. The van der Waals surface area contributed by atoms with Gasteiger partial charge in [0.15, 0.2) is 0 Å². The maximum absolute atomic E-state index is 6.41. The molecule has 2 N–H and O–H groups in total. The molecule has 0 saturated heterocycles. The summed E-state index contributed by atoms with van der Waals surface area (Å²) in [4.78, 5) is 0. The molecule has 2 rings (SSSR count). The molecule has 106 valence electrons. The zero-order chi connectivity index (χ0) is 14.5. The van der Waals surface area contributed by atoms with Crippen LogP contribution in [-0.4, -0.2) is 13.7 Å². The van der Waals surface area contributed by atoms with Crippen molar-refractivity contribution in [2.24, 2.45) is 5.73 Å². The predicted octanol–water partition coefficient (Wildman–Crippen LogP) is 3.54. The molecule has 0 spiro atoms. The van der Waals surface area contributed by atoms with Crippen LogP contribution in [0.4, 0.5) is 0 Å².